The lowest BCUT2D eigenvalue weighted by Gasteiger charge is -2.21. The van der Waals surface area contributed by atoms with E-state index in [9.17, 15) is 18.0 Å². The molecule has 0 saturated carbocycles. The number of aliphatic carboxylic acids is 1. The molecule has 1 rings (SSSR count). The molecule has 1 aliphatic rings. The van der Waals surface area contributed by atoms with Gasteiger partial charge in [-0.1, -0.05) is 0 Å². The van der Waals surface area contributed by atoms with Crippen molar-refractivity contribution in [3.8, 4) is 0 Å². The molecule has 0 spiro atoms. The fraction of sp³-hybridized carbons (Fsp3) is 0.800. The minimum atomic E-state index is -5.08. The van der Waals surface area contributed by atoms with Gasteiger partial charge >= 0.3 is 18.1 Å². The van der Waals surface area contributed by atoms with Crippen LogP contribution in [0, 0.1) is 5.92 Å². The quantitative estimate of drug-likeness (QED) is 0.738. The highest BCUT2D eigenvalue weighted by Gasteiger charge is 2.38. The van der Waals surface area contributed by atoms with Gasteiger partial charge in [0.1, 0.15) is 0 Å². The molecule has 0 aromatic carbocycles. The zero-order valence-electron chi connectivity index (χ0n) is 9.92. The van der Waals surface area contributed by atoms with Crippen LogP contribution in [0.2, 0.25) is 0 Å². The van der Waals surface area contributed by atoms with Crippen LogP contribution in [0.4, 0.5) is 13.2 Å². The molecule has 0 aromatic rings. The van der Waals surface area contributed by atoms with Gasteiger partial charge < -0.3 is 15.2 Å². The van der Waals surface area contributed by atoms with Crippen molar-refractivity contribution >= 4 is 11.9 Å². The molecular weight excluding hydrogens is 255 g/mol. The van der Waals surface area contributed by atoms with E-state index in [2.05, 4.69) is 5.32 Å². The van der Waals surface area contributed by atoms with Gasteiger partial charge in [0.2, 0.25) is 0 Å². The highest BCUT2D eigenvalue weighted by molar-refractivity contribution is 5.73. The molecule has 1 saturated heterocycles. The van der Waals surface area contributed by atoms with Crippen LogP contribution in [0.3, 0.4) is 0 Å². The summed E-state index contributed by atoms with van der Waals surface area (Å²) in [6, 6.07) is 0. The number of hydrogen-bond acceptors (Lipinski definition) is 4. The van der Waals surface area contributed by atoms with E-state index in [1.807, 2.05) is 0 Å². The molecule has 2 N–H and O–H groups in total. The van der Waals surface area contributed by atoms with Crippen molar-refractivity contribution in [1.29, 1.82) is 0 Å². The van der Waals surface area contributed by atoms with Gasteiger partial charge in [-0.05, 0) is 19.4 Å². The topological polar surface area (TPSA) is 75.6 Å². The van der Waals surface area contributed by atoms with Crippen LogP contribution in [0.5, 0.6) is 0 Å². The summed E-state index contributed by atoms with van der Waals surface area (Å²) in [7, 11) is 0. The summed E-state index contributed by atoms with van der Waals surface area (Å²) in [6.45, 7) is 4.14. The number of alkyl halides is 3. The van der Waals surface area contributed by atoms with Crippen LogP contribution >= 0.6 is 0 Å². The standard InChI is InChI=1S/C8H15NO2.C2HF3O2/c1-7(10)11-6-8-3-2-4-9-5-8;3-2(4,5)1(6)7/h8-9H,2-6H2,1H3;(H,6,7). The third-order valence-corrected chi connectivity index (χ3v) is 2.16. The summed E-state index contributed by atoms with van der Waals surface area (Å²) in [4.78, 5) is 19.3. The second-order valence-electron chi connectivity index (χ2n) is 3.82. The number of ether oxygens (including phenoxy) is 1. The Balaban J connectivity index is 0.000000360. The van der Waals surface area contributed by atoms with Gasteiger partial charge in [-0.25, -0.2) is 4.79 Å². The predicted octanol–water partition coefficient (Wildman–Crippen LogP) is 1.18. The van der Waals surface area contributed by atoms with Gasteiger partial charge in [0.15, 0.2) is 0 Å². The Morgan fingerprint density at radius 3 is 2.33 bits per heavy atom. The maximum absolute atomic E-state index is 10.6. The van der Waals surface area contributed by atoms with E-state index in [0.29, 0.717) is 12.5 Å². The van der Waals surface area contributed by atoms with Crippen molar-refractivity contribution in [2.45, 2.75) is 25.9 Å². The van der Waals surface area contributed by atoms with Crippen molar-refractivity contribution in [3.05, 3.63) is 0 Å². The minimum Gasteiger partial charge on any atom is -0.475 e. The summed E-state index contributed by atoms with van der Waals surface area (Å²) in [5.74, 6) is -2.39. The zero-order chi connectivity index (χ0) is 14.2. The number of rotatable bonds is 2. The number of carbonyl (C=O) groups excluding carboxylic acids is 1. The van der Waals surface area contributed by atoms with Crippen LogP contribution in [-0.2, 0) is 14.3 Å². The fourth-order valence-electron chi connectivity index (χ4n) is 1.30. The third kappa shape index (κ3) is 8.80. The molecule has 106 valence electrons. The molecule has 18 heavy (non-hydrogen) atoms. The molecule has 1 unspecified atom stereocenters. The lowest BCUT2D eigenvalue weighted by atomic mass is 10.0. The summed E-state index contributed by atoms with van der Waals surface area (Å²) < 4.78 is 36.6. The lowest BCUT2D eigenvalue weighted by molar-refractivity contribution is -0.192. The predicted molar refractivity (Wildman–Crippen MR) is 55.9 cm³/mol. The normalized spacial score (nSPS) is 19.4. The molecule has 1 fully saturated rings. The van der Waals surface area contributed by atoms with Gasteiger partial charge in [-0.3, -0.25) is 4.79 Å². The Hall–Kier alpha value is -1.31. The number of esters is 1. The Labute approximate surface area is 102 Å². The van der Waals surface area contributed by atoms with Crippen molar-refractivity contribution in [1.82, 2.24) is 5.32 Å². The third-order valence-electron chi connectivity index (χ3n) is 2.16. The number of carboxylic acid groups (broad SMARTS) is 1. The van der Waals surface area contributed by atoms with E-state index < -0.39 is 12.1 Å². The van der Waals surface area contributed by atoms with Gasteiger partial charge in [-0.2, -0.15) is 13.2 Å². The van der Waals surface area contributed by atoms with E-state index >= 15 is 0 Å². The Morgan fingerprint density at radius 2 is 2.00 bits per heavy atom. The van der Waals surface area contributed by atoms with Crippen LogP contribution in [0.25, 0.3) is 0 Å². The van der Waals surface area contributed by atoms with E-state index in [1.165, 1.54) is 19.8 Å². The van der Waals surface area contributed by atoms with Gasteiger partial charge in [0.05, 0.1) is 6.61 Å². The minimum absolute atomic E-state index is 0.171. The van der Waals surface area contributed by atoms with Crippen LogP contribution in [0.1, 0.15) is 19.8 Å². The maximum Gasteiger partial charge on any atom is 0.490 e. The smallest absolute Gasteiger partial charge is 0.475 e. The summed E-state index contributed by atoms with van der Waals surface area (Å²) in [6.07, 6.45) is -2.70. The first-order valence-corrected chi connectivity index (χ1v) is 5.37. The number of hydrogen-bond donors (Lipinski definition) is 2. The largest absolute Gasteiger partial charge is 0.490 e. The molecule has 0 amide bonds. The van der Waals surface area contributed by atoms with Crippen molar-refractivity contribution in [2.75, 3.05) is 19.7 Å². The van der Waals surface area contributed by atoms with Crippen LogP contribution in [0.15, 0.2) is 0 Å². The average molecular weight is 271 g/mol. The van der Waals surface area contributed by atoms with Crippen LogP contribution < -0.4 is 5.32 Å². The molecule has 0 radical (unpaired) electrons. The Bertz CT molecular complexity index is 275. The highest BCUT2D eigenvalue weighted by atomic mass is 19.4. The molecule has 1 atom stereocenters. The molecule has 1 aliphatic heterocycles. The van der Waals surface area contributed by atoms with E-state index in [4.69, 9.17) is 14.6 Å². The zero-order valence-corrected chi connectivity index (χ0v) is 9.92. The summed E-state index contributed by atoms with van der Waals surface area (Å²) in [5, 5.41) is 10.4. The number of carbonyl (C=O) groups is 2. The van der Waals surface area contributed by atoms with Crippen molar-refractivity contribution < 1.29 is 32.6 Å². The second kappa shape index (κ2) is 7.91. The SMILES string of the molecule is CC(=O)OCC1CCCNC1.O=C(O)C(F)(F)F. The maximum atomic E-state index is 10.6. The fourth-order valence-corrected chi connectivity index (χ4v) is 1.30. The molecule has 0 aliphatic carbocycles. The monoisotopic (exact) mass is 271 g/mol. The average Bonchev–Trinajstić information content (AvgIpc) is 2.27. The Kier molecular flexibility index (Phi) is 7.33. The molecule has 5 nitrogen and oxygen atoms in total. The summed E-state index contributed by atoms with van der Waals surface area (Å²) >= 11 is 0. The second-order valence-corrected chi connectivity index (χ2v) is 3.82. The molecule has 0 aromatic heterocycles. The first kappa shape index (κ1) is 16.7. The van der Waals surface area contributed by atoms with E-state index in [1.54, 1.807) is 0 Å². The number of piperidine rings is 1. The molecule has 8 heteroatoms. The van der Waals surface area contributed by atoms with Gasteiger partial charge in [0, 0.05) is 19.4 Å². The molecule has 0 bridgehead atoms. The first-order chi connectivity index (χ1) is 8.23. The lowest BCUT2D eigenvalue weighted by Crippen LogP contribution is -2.32. The molecular formula is C10H16F3NO4. The van der Waals surface area contributed by atoms with Gasteiger partial charge in [0.25, 0.3) is 0 Å². The van der Waals surface area contributed by atoms with Crippen LogP contribution in [-0.4, -0.2) is 42.9 Å². The van der Waals surface area contributed by atoms with Crippen molar-refractivity contribution in [3.63, 3.8) is 0 Å². The number of carboxylic acids is 1. The highest BCUT2D eigenvalue weighted by Crippen LogP contribution is 2.13. The van der Waals surface area contributed by atoms with E-state index in [-0.39, 0.29) is 5.97 Å². The van der Waals surface area contributed by atoms with Crippen molar-refractivity contribution in [2.24, 2.45) is 5.92 Å². The summed E-state index contributed by atoms with van der Waals surface area (Å²) in [5.41, 5.74) is 0. The number of nitrogens with one attached hydrogen (secondary N) is 1. The molecule has 1 heterocycles. The Morgan fingerprint density at radius 1 is 1.44 bits per heavy atom. The first-order valence-electron chi connectivity index (χ1n) is 5.37. The van der Waals surface area contributed by atoms with E-state index in [0.717, 1.165) is 13.1 Å². The number of halogens is 3. The van der Waals surface area contributed by atoms with Gasteiger partial charge in [-0.15, -0.1) is 0 Å².